The fourth-order valence-electron chi connectivity index (χ4n) is 3.11. The second kappa shape index (κ2) is 7.44. The molecule has 2 amide bonds. The lowest BCUT2D eigenvalue weighted by Gasteiger charge is -2.18. The molecule has 6 heteroatoms. The highest BCUT2D eigenvalue weighted by Gasteiger charge is 2.31. The molecule has 25 heavy (non-hydrogen) atoms. The van der Waals surface area contributed by atoms with Gasteiger partial charge in [0.15, 0.2) is 11.5 Å². The summed E-state index contributed by atoms with van der Waals surface area (Å²) in [4.78, 5) is 12.2. The average molecular weight is 342 g/mol. The number of nitrogens with one attached hydrogen (secondary N) is 2. The molecule has 0 fully saturated rings. The Hall–Kier alpha value is -2.73. The molecular formula is C19H22N2O4. The lowest BCUT2D eigenvalue weighted by atomic mass is 10.1. The number of aliphatic hydroxyl groups is 1. The number of aliphatic hydroxyl groups excluding tert-OH is 1. The standard InChI is InChI=1S/C19H22N2O4/c1-24-16-8-7-12(9-17(16)25-2)11-20-19(23)21-18-14-6-4-3-5-13(14)10-15(18)22/h3-9,15,18,22H,10-11H2,1-2H3,(H2,20,21,23)/t15-,18+/m0/s1. The van der Waals surface area contributed by atoms with E-state index in [2.05, 4.69) is 10.6 Å². The van der Waals surface area contributed by atoms with Gasteiger partial charge in [-0.1, -0.05) is 30.3 Å². The van der Waals surface area contributed by atoms with Gasteiger partial charge in [0.05, 0.1) is 26.4 Å². The maximum absolute atomic E-state index is 12.2. The highest BCUT2D eigenvalue weighted by molar-refractivity contribution is 5.74. The van der Waals surface area contributed by atoms with Crippen LogP contribution in [0.15, 0.2) is 42.5 Å². The van der Waals surface area contributed by atoms with E-state index in [0.717, 1.165) is 16.7 Å². The molecule has 2 atom stereocenters. The number of carbonyl (C=O) groups excluding carboxylic acids is 1. The predicted octanol–water partition coefficient (Wildman–Crippen LogP) is 2.16. The molecule has 3 rings (SSSR count). The Bertz CT molecular complexity index is 763. The smallest absolute Gasteiger partial charge is 0.315 e. The third kappa shape index (κ3) is 3.69. The second-order valence-electron chi connectivity index (χ2n) is 5.96. The minimum Gasteiger partial charge on any atom is -0.493 e. The molecular weight excluding hydrogens is 320 g/mol. The summed E-state index contributed by atoms with van der Waals surface area (Å²) in [5.74, 6) is 1.25. The van der Waals surface area contributed by atoms with Crippen LogP contribution in [0.2, 0.25) is 0 Å². The first-order valence-electron chi connectivity index (χ1n) is 8.13. The van der Waals surface area contributed by atoms with Gasteiger partial charge >= 0.3 is 6.03 Å². The quantitative estimate of drug-likeness (QED) is 0.778. The molecule has 0 saturated heterocycles. The van der Waals surface area contributed by atoms with Crippen molar-refractivity contribution in [1.82, 2.24) is 10.6 Å². The van der Waals surface area contributed by atoms with E-state index in [9.17, 15) is 9.90 Å². The number of methoxy groups -OCH3 is 2. The molecule has 1 aliphatic carbocycles. The van der Waals surface area contributed by atoms with E-state index in [1.165, 1.54) is 0 Å². The largest absolute Gasteiger partial charge is 0.493 e. The van der Waals surface area contributed by atoms with E-state index in [-0.39, 0.29) is 12.1 Å². The number of benzene rings is 2. The molecule has 0 saturated carbocycles. The molecule has 1 aliphatic rings. The van der Waals surface area contributed by atoms with E-state index < -0.39 is 6.10 Å². The molecule has 0 radical (unpaired) electrons. The van der Waals surface area contributed by atoms with Crippen LogP contribution in [0.5, 0.6) is 11.5 Å². The summed E-state index contributed by atoms with van der Waals surface area (Å²) in [6.07, 6.45) is -0.0548. The van der Waals surface area contributed by atoms with Crippen molar-refractivity contribution < 1.29 is 19.4 Å². The molecule has 6 nitrogen and oxygen atoms in total. The van der Waals surface area contributed by atoms with Gasteiger partial charge in [0.1, 0.15) is 0 Å². The van der Waals surface area contributed by atoms with Crippen molar-refractivity contribution in [3.05, 3.63) is 59.2 Å². The van der Waals surface area contributed by atoms with E-state index in [4.69, 9.17) is 9.47 Å². The second-order valence-corrected chi connectivity index (χ2v) is 5.96. The lowest BCUT2D eigenvalue weighted by Crippen LogP contribution is -2.40. The Kier molecular flexibility index (Phi) is 5.09. The third-order valence-corrected chi connectivity index (χ3v) is 4.39. The number of fused-ring (bicyclic) bond motifs is 1. The van der Waals surface area contributed by atoms with Crippen molar-refractivity contribution in [2.45, 2.75) is 25.1 Å². The number of ether oxygens (including phenoxy) is 2. The fraction of sp³-hybridized carbons (Fsp3) is 0.316. The van der Waals surface area contributed by atoms with Crippen LogP contribution in [-0.2, 0) is 13.0 Å². The number of amides is 2. The zero-order chi connectivity index (χ0) is 17.8. The Morgan fingerprint density at radius 3 is 2.68 bits per heavy atom. The van der Waals surface area contributed by atoms with Crippen LogP contribution in [-0.4, -0.2) is 31.5 Å². The number of hydrogen-bond acceptors (Lipinski definition) is 4. The SMILES string of the molecule is COc1ccc(CNC(=O)N[C@@H]2c3ccccc3C[C@@H]2O)cc1OC. The summed E-state index contributed by atoms with van der Waals surface area (Å²) in [5.41, 5.74) is 2.93. The van der Waals surface area contributed by atoms with Crippen molar-refractivity contribution in [3.63, 3.8) is 0 Å². The van der Waals surface area contributed by atoms with Gasteiger partial charge in [-0.2, -0.15) is 0 Å². The van der Waals surface area contributed by atoms with Crippen LogP contribution >= 0.6 is 0 Å². The van der Waals surface area contributed by atoms with Crippen LogP contribution in [0.3, 0.4) is 0 Å². The highest BCUT2D eigenvalue weighted by atomic mass is 16.5. The maximum atomic E-state index is 12.2. The van der Waals surface area contributed by atoms with Gasteiger partial charge in [0, 0.05) is 13.0 Å². The van der Waals surface area contributed by atoms with E-state index in [1.54, 1.807) is 20.3 Å². The van der Waals surface area contributed by atoms with Gasteiger partial charge < -0.3 is 25.2 Å². The van der Waals surface area contributed by atoms with Crippen molar-refractivity contribution in [2.24, 2.45) is 0 Å². The van der Waals surface area contributed by atoms with Crippen LogP contribution in [0.25, 0.3) is 0 Å². The van der Waals surface area contributed by atoms with Crippen LogP contribution < -0.4 is 20.1 Å². The van der Waals surface area contributed by atoms with E-state index in [0.29, 0.717) is 24.5 Å². The molecule has 2 aromatic carbocycles. The molecule has 0 bridgehead atoms. The van der Waals surface area contributed by atoms with Crippen LogP contribution in [0, 0.1) is 0 Å². The Labute approximate surface area is 146 Å². The molecule has 2 aromatic rings. The van der Waals surface area contributed by atoms with Gasteiger partial charge in [-0.3, -0.25) is 0 Å². The van der Waals surface area contributed by atoms with Crippen LogP contribution in [0.1, 0.15) is 22.7 Å². The van der Waals surface area contributed by atoms with Gasteiger partial charge in [-0.05, 0) is 28.8 Å². The monoisotopic (exact) mass is 342 g/mol. The molecule has 0 heterocycles. The molecule has 132 valence electrons. The minimum atomic E-state index is -0.607. The Morgan fingerprint density at radius 1 is 1.16 bits per heavy atom. The molecule has 3 N–H and O–H groups in total. The Balaban J connectivity index is 1.60. The summed E-state index contributed by atoms with van der Waals surface area (Å²) >= 11 is 0. The highest BCUT2D eigenvalue weighted by Crippen LogP contribution is 2.31. The van der Waals surface area contributed by atoms with E-state index >= 15 is 0 Å². The molecule has 0 unspecified atom stereocenters. The van der Waals surface area contributed by atoms with Gasteiger partial charge in [-0.15, -0.1) is 0 Å². The number of carbonyl (C=O) groups is 1. The summed E-state index contributed by atoms with van der Waals surface area (Å²) in [5, 5.41) is 15.9. The van der Waals surface area contributed by atoms with Crippen molar-refractivity contribution in [3.8, 4) is 11.5 Å². The van der Waals surface area contributed by atoms with Gasteiger partial charge in [0.2, 0.25) is 0 Å². The van der Waals surface area contributed by atoms with Crippen LogP contribution in [0.4, 0.5) is 4.79 Å². The van der Waals surface area contributed by atoms with Gasteiger partial charge in [-0.25, -0.2) is 4.79 Å². The number of hydrogen-bond donors (Lipinski definition) is 3. The zero-order valence-corrected chi connectivity index (χ0v) is 14.3. The zero-order valence-electron chi connectivity index (χ0n) is 14.3. The summed E-state index contributed by atoms with van der Waals surface area (Å²) in [7, 11) is 3.15. The van der Waals surface area contributed by atoms with Gasteiger partial charge in [0.25, 0.3) is 0 Å². The average Bonchev–Trinajstić information content (AvgIpc) is 2.95. The summed E-state index contributed by atoms with van der Waals surface area (Å²) in [6, 6.07) is 12.5. The van der Waals surface area contributed by atoms with Crippen molar-refractivity contribution in [2.75, 3.05) is 14.2 Å². The lowest BCUT2D eigenvalue weighted by molar-refractivity contribution is 0.142. The van der Waals surface area contributed by atoms with Crippen molar-refractivity contribution >= 4 is 6.03 Å². The molecule has 0 aliphatic heterocycles. The maximum Gasteiger partial charge on any atom is 0.315 e. The Morgan fingerprint density at radius 2 is 1.92 bits per heavy atom. The summed E-state index contributed by atoms with van der Waals surface area (Å²) in [6.45, 7) is 0.344. The first kappa shape index (κ1) is 17.1. The molecule has 0 spiro atoms. The first-order chi connectivity index (χ1) is 12.1. The summed E-state index contributed by atoms with van der Waals surface area (Å²) < 4.78 is 10.5. The van der Waals surface area contributed by atoms with E-state index in [1.807, 2.05) is 36.4 Å². The fourth-order valence-corrected chi connectivity index (χ4v) is 3.11. The third-order valence-electron chi connectivity index (χ3n) is 4.39. The first-order valence-corrected chi connectivity index (χ1v) is 8.13. The predicted molar refractivity (Wildman–Crippen MR) is 93.8 cm³/mol. The van der Waals surface area contributed by atoms with Crippen molar-refractivity contribution in [1.29, 1.82) is 0 Å². The minimum absolute atomic E-state index is 0.324. The molecule has 0 aromatic heterocycles. The topological polar surface area (TPSA) is 79.8 Å². The normalized spacial score (nSPS) is 18.4. The number of rotatable bonds is 5. The number of urea groups is 1.